The van der Waals surface area contributed by atoms with Gasteiger partial charge in [-0.2, -0.15) is 0 Å². The molecule has 0 spiro atoms. The molecule has 5 N–H and O–H groups in total. The quantitative estimate of drug-likeness (QED) is 0.301. The number of rotatable bonds is 11. The molecule has 1 aliphatic rings. The number of Topliss-reactive ketones (excluding diaryl/α,β-unsaturated/α-hetero) is 1. The number of hydrogen-bond acceptors (Lipinski definition) is 8. The van der Waals surface area contributed by atoms with Gasteiger partial charge < -0.3 is 21.5 Å². The van der Waals surface area contributed by atoms with E-state index in [9.17, 15) is 18.0 Å². The van der Waals surface area contributed by atoms with Gasteiger partial charge in [-0.05, 0) is 48.4 Å². The van der Waals surface area contributed by atoms with E-state index in [1.165, 1.54) is 29.2 Å². The van der Waals surface area contributed by atoms with E-state index >= 15 is 0 Å². The predicted molar refractivity (Wildman–Crippen MR) is 157 cm³/mol. The Bertz CT molecular complexity index is 1440. The molecular formula is C30H38N4O5S. The molecule has 1 saturated heterocycles. The average Bonchev–Trinajstić information content (AvgIpc) is 2.99. The van der Waals surface area contributed by atoms with Gasteiger partial charge >= 0.3 is 0 Å². The van der Waals surface area contributed by atoms with Crippen LogP contribution in [-0.4, -0.2) is 63.4 Å². The molecule has 1 fully saturated rings. The van der Waals surface area contributed by atoms with Crippen molar-refractivity contribution in [1.82, 2.24) is 5.32 Å². The molecule has 3 unspecified atom stereocenters. The van der Waals surface area contributed by atoms with Gasteiger partial charge in [0, 0.05) is 30.4 Å². The zero-order valence-corrected chi connectivity index (χ0v) is 23.8. The zero-order valence-electron chi connectivity index (χ0n) is 23.0. The molecule has 3 aromatic carbocycles. The normalized spacial score (nSPS) is 18.1. The molecule has 40 heavy (non-hydrogen) atoms. The third-order valence-corrected chi connectivity index (χ3v) is 9.35. The Kier molecular flexibility index (Phi) is 9.70. The molecule has 0 aromatic heterocycles. The minimum Gasteiger partial charge on any atom is -0.366 e. The van der Waals surface area contributed by atoms with Crippen LogP contribution in [0.4, 0.5) is 5.69 Å². The Balaban J connectivity index is 1.61. The molecule has 4 atom stereocenters. The Hall–Kier alpha value is -3.15. The van der Waals surface area contributed by atoms with Crippen LogP contribution >= 0.6 is 0 Å². The summed E-state index contributed by atoms with van der Waals surface area (Å²) in [6.07, 6.45) is 1.44. The van der Waals surface area contributed by atoms with E-state index in [-0.39, 0.29) is 22.1 Å². The lowest BCUT2D eigenvalue weighted by Crippen LogP contribution is -2.53. The van der Waals surface area contributed by atoms with E-state index < -0.39 is 33.4 Å². The molecule has 0 aliphatic carbocycles. The lowest BCUT2D eigenvalue weighted by molar-refractivity contribution is -0.131. The van der Waals surface area contributed by atoms with Gasteiger partial charge in [0.1, 0.15) is 11.5 Å². The van der Waals surface area contributed by atoms with Crippen LogP contribution in [0.25, 0.3) is 10.8 Å². The lowest BCUT2D eigenvalue weighted by Gasteiger charge is -2.33. The van der Waals surface area contributed by atoms with Crippen LogP contribution in [0.1, 0.15) is 43.5 Å². The van der Waals surface area contributed by atoms with Crippen LogP contribution < -0.4 is 21.7 Å². The van der Waals surface area contributed by atoms with E-state index in [1.807, 2.05) is 49.4 Å². The lowest BCUT2D eigenvalue weighted by atomic mass is 10.0. The summed E-state index contributed by atoms with van der Waals surface area (Å²) in [7, 11) is -3.89. The van der Waals surface area contributed by atoms with Gasteiger partial charge in [0.2, 0.25) is 0 Å². The van der Waals surface area contributed by atoms with E-state index in [1.54, 1.807) is 6.92 Å². The summed E-state index contributed by atoms with van der Waals surface area (Å²) < 4.78 is 31.8. The number of anilines is 1. The number of amides is 1. The van der Waals surface area contributed by atoms with Crippen LogP contribution in [0.2, 0.25) is 0 Å². The topological polar surface area (TPSA) is 145 Å². The number of morpholine rings is 1. The number of sulfone groups is 1. The van der Waals surface area contributed by atoms with Gasteiger partial charge in [0.25, 0.3) is 5.91 Å². The second kappa shape index (κ2) is 13.0. The number of ketones is 1. The molecule has 10 heteroatoms. The molecule has 0 radical (unpaired) electrons. The Labute approximate surface area is 235 Å². The third-order valence-electron chi connectivity index (χ3n) is 7.36. The maximum atomic E-state index is 13.7. The van der Waals surface area contributed by atoms with Gasteiger partial charge in [0.15, 0.2) is 15.6 Å². The molecular weight excluding hydrogens is 528 g/mol. The summed E-state index contributed by atoms with van der Waals surface area (Å²) in [5.41, 5.74) is 12.9. The second-order valence-corrected chi connectivity index (χ2v) is 12.3. The number of unbranched alkanes of at least 4 members (excludes halogenated alkanes) is 1. The van der Waals surface area contributed by atoms with Crippen molar-refractivity contribution in [2.75, 3.05) is 24.6 Å². The summed E-state index contributed by atoms with van der Waals surface area (Å²) in [4.78, 5) is 28.9. The summed E-state index contributed by atoms with van der Waals surface area (Å²) in [5.74, 6) is -0.659. The van der Waals surface area contributed by atoms with Crippen molar-refractivity contribution in [2.45, 2.75) is 61.6 Å². The number of fused-ring (bicyclic) bond motifs is 1. The highest BCUT2D eigenvalue weighted by Crippen LogP contribution is 2.27. The van der Waals surface area contributed by atoms with E-state index in [2.05, 4.69) is 5.32 Å². The summed E-state index contributed by atoms with van der Waals surface area (Å²) in [5, 5.41) is 3.87. The van der Waals surface area contributed by atoms with Crippen molar-refractivity contribution in [3.8, 4) is 0 Å². The first-order valence-electron chi connectivity index (χ1n) is 13.7. The molecule has 0 saturated carbocycles. The number of carbonyl (C=O) groups is 2. The first-order chi connectivity index (χ1) is 19.1. The monoisotopic (exact) mass is 566 g/mol. The molecule has 0 bridgehead atoms. The molecule has 1 aliphatic heterocycles. The average molecular weight is 567 g/mol. The standard InChI is InChI=1S/C30H38N4O5S/c1-3-4-9-26(31)29(32)40(37,38)25-14-11-22(12-15-25)28(35)20(2)34(30(36)27-19-33-16-17-39-27)24-13-10-21-7-5-6-8-23(21)18-24/h5-8,10-15,18,20,26-27,29,33H,3-4,9,16-17,19,31-32H2,1-2H3/t20-,26?,27?,29?/m0/s1. The highest BCUT2D eigenvalue weighted by molar-refractivity contribution is 7.92. The van der Waals surface area contributed by atoms with Gasteiger partial charge in [-0.3, -0.25) is 14.5 Å². The molecule has 1 amide bonds. The second-order valence-electron chi connectivity index (χ2n) is 10.2. The number of ether oxygens (including phenoxy) is 1. The van der Waals surface area contributed by atoms with E-state index in [0.29, 0.717) is 31.8 Å². The molecule has 4 rings (SSSR count). The Morgan fingerprint density at radius 1 is 1.05 bits per heavy atom. The molecule has 1 heterocycles. The fraction of sp³-hybridized carbons (Fsp3) is 0.400. The largest absolute Gasteiger partial charge is 0.366 e. The van der Waals surface area contributed by atoms with Crippen molar-refractivity contribution in [3.05, 3.63) is 72.3 Å². The maximum Gasteiger partial charge on any atom is 0.258 e. The number of carbonyl (C=O) groups excluding carboxylic acids is 2. The van der Waals surface area contributed by atoms with Gasteiger partial charge in [0.05, 0.1) is 17.5 Å². The van der Waals surface area contributed by atoms with Crippen LogP contribution in [0.5, 0.6) is 0 Å². The van der Waals surface area contributed by atoms with Crippen molar-refractivity contribution in [2.24, 2.45) is 11.5 Å². The van der Waals surface area contributed by atoms with E-state index in [4.69, 9.17) is 16.2 Å². The summed E-state index contributed by atoms with van der Waals surface area (Å²) in [6.45, 7) is 5.05. The number of nitrogens with two attached hydrogens (primary N) is 2. The molecule has 9 nitrogen and oxygen atoms in total. The SMILES string of the molecule is CCCCC(N)C(N)S(=O)(=O)c1ccc(C(=O)[C@H](C)N(C(=O)C2CNCCO2)c2ccc3ccccc3c2)cc1. The van der Waals surface area contributed by atoms with Crippen molar-refractivity contribution in [1.29, 1.82) is 0 Å². The van der Waals surface area contributed by atoms with Crippen LogP contribution in [0, 0.1) is 0 Å². The maximum absolute atomic E-state index is 13.7. The fourth-order valence-corrected chi connectivity index (χ4v) is 6.33. The highest BCUT2D eigenvalue weighted by Gasteiger charge is 2.35. The molecule has 3 aromatic rings. The Morgan fingerprint density at radius 3 is 2.40 bits per heavy atom. The van der Waals surface area contributed by atoms with Gasteiger partial charge in [-0.25, -0.2) is 8.42 Å². The minimum absolute atomic E-state index is 0.000272. The van der Waals surface area contributed by atoms with Gasteiger partial charge in [-0.15, -0.1) is 0 Å². The van der Waals surface area contributed by atoms with Crippen molar-refractivity contribution in [3.63, 3.8) is 0 Å². The number of nitrogens with one attached hydrogen (secondary N) is 1. The summed E-state index contributed by atoms with van der Waals surface area (Å²) in [6, 6.07) is 17.5. The minimum atomic E-state index is -3.89. The van der Waals surface area contributed by atoms with Crippen molar-refractivity contribution >= 4 is 38.0 Å². The third kappa shape index (κ3) is 6.42. The predicted octanol–water partition coefficient (Wildman–Crippen LogP) is 3.01. The smallest absolute Gasteiger partial charge is 0.258 e. The first kappa shape index (κ1) is 29.8. The van der Waals surface area contributed by atoms with Gasteiger partial charge in [-0.1, -0.05) is 62.2 Å². The van der Waals surface area contributed by atoms with E-state index in [0.717, 1.165) is 23.6 Å². The zero-order chi connectivity index (χ0) is 28.9. The number of benzene rings is 3. The van der Waals surface area contributed by atoms with Crippen molar-refractivity contribution < 1.29 is 22.7 Å². The van der Waals surface area contributed by atoms with Crippen LogP contribution in [0.3, 0.4) is 0 Å². The Morgan fingerprint density at radius 2 is 1.75 bits per heavy atom. The van der Waals surface area contributed by atoms with Crippen LogP contribution in [-0.2, 0) is 19.4 Å². The summed E-state index contributed by atoms with van der Waals surface area (Å²) >= 11 is 0. The fourth-order valence-electron chi connectivity index (χ4n) is 4.91. The number of hydrogen-bond donors (Lipinski definition) is 3. The highest BCUT2D eigenvalue weighted by atomic mass is 32.2. The first-order valence-corrected chi connectivity index (χ1v) is 15.2. The van der Waals surface area contributed by atoms with Crippen LogP contribution in [0.15, 0.2) is 71.6 Å². The molecule has 214 valence electrons. The number of nitrogens with zero attached hydrogens (tertiary/aromatic N) is 1.